The van der Waals surface area contributed by atoms with Crippen molar-refractivity contribution < 1.29 is 14.3 Å². The molecule has 6 heteroatoms. The molecule has 1 heterocycles. The van der Waals surface area contributed by atoms with E-state index in [9.17, 15) is 4.79 Å². The molecule has 1 fully saturated rings. The van der Waals surface area contributed by atoms with Crippen LogP contribution in [0.25, 0.3) is 0 Å². The number of morpholine rings is 1. The van der Waals surface area contributed by atoms with Crippen molar-refractivity contribution in [3.05, 3.63) is 63.6 Å². The van der Waals surface area contributed by atoms with Crippen LogP contribution in [-0.2, 0) is 11.3 Å². The minimum Gasteiger partial charge on any atom is -0.488 e. The van der Waals surface area contributed by atoms with Gasteiger partial charge in [0.25, 0.3) is 5.91 Å². The van der Waals surface area contributed by atoms with Crippen LogP contribution < -0.4 is 4.74 Å². The molecule has 2 aromatic rings. The minimum atomic E-state index is -0.0511. The zero-order chi connectivity index (χ0) is 18.7. The van der Waals surface area contributed by atoms with Gasteiger partial charge in [0, 0.05) is 28.7 Å². The van der Waals surface area contributed by atoms with E-state index in [0.29, 0.717) is 34.4 Å². The number of carbonyl (C=O) groups is 1. The summed E-state index contributed by atoms with van der Waals surface area (Å²) in [6, 6.07) is 12.5. The van der Waals surface area contributed by atoms with Crippen LogP contribution >= 0.6 is 23.2 Å². The van der Waals surface area contributed by atoms with E-state index in [0.717, 1.165) is 5.56 Å². The van der Waals surface area contributed by atoms with Crippen molar-refractivity contribution in [2.24, 2.45) is 0 Å². The number of ether oxygens (including phenoxy) is 2. The summed E-state index contributed by atoms with van der Waals surface area (Å²) in [4.78, 5) is 14.8. The molecule has 0 aromatic heterocycles. The van der Waals surface area contributed by atoms with Crippen molar-refractivity contribution in [2.75, 3.05) is 13.1 Å². The Labute approximate surface area is 163 Å². The van der Waals surface area contributed by atoms with Crippen LogP contribution in [0.15, 0.2) is 42.5 Å². The first-order chi connectivity index (χ1) is 12.4. The number of carbonyl (C=O) groups excluding carboxylic acids is 1. The third-order valence-electron chi connectivity index (χ3n) is 4.22. The molecule has 0 spiro atoms. The zero-order valence-electron chi connectivity index (χ0n) is 14.7. The molecule has 3 rings (SSSR count). The molecule has 2 aromatic carbocycles. The van der Waals surface area contributed by atoms with Crippen molar-refractivity contribution >= 4 is 29.1 Å². The summed E-state index contributed by atoms with van der Waals surface area (Å²) in [5, 5.41) is 1.11. The Morgan fingerprint density at radius 1 is 1.15 bits per heavy atom. The van der Waals surface area contributed by atoms with E-state index in [2.05, 4.69) is 0 Å². The van der Waals surface area contributed by atoms with E-state index in [1.807, 2.05) is 36.9 Å². The van der Waals surface area contributed by atoms with Gasteiger partial charge in [-0.15, -0.1) is 0 Å². The Hall–Kier alpha value is -1.75. The number of nitrogens with zero attached hydrogens (tertiary/aromatic N) is 1. The predicted octanol–water partition coefficient (Wildman–Crippen LogP) is 4.82. The monoisotopic (exact) mass is 393 g/mol. The molecule has 2 atom stereocenters. The standard InChI is InChI=1S/C20H21Cl2NO3/c1-13-10-23(11-14(2)26-13)20(24)17-5-3-4-6-19(17)25-12-15-7-8-16(21)9-18(15)22/h3-9,13-14H,10-12H2,1-2H3. The van der Waals surface area contributed by atoms with Crippen molar-refractivity contribution in [3.8, 4) is 5.75 Å². The third-order valence-corrected chi connectivity index (χ3v) is 4.81. The summed E-state index contributed by atoms with van der Waals surface area (Å²) in [6.45, 7) is 5.35. The average Bonchev–Trinajstić information content (AvgIpc) is 2.60. The lowest BCUT2D eigenvalue weighted by Crippen LogP contribution is -2.48. The molecule has 1 aliphatic heterocycles. The predicted molar refractivity (Wildman–Crippen MR) is 103 cm³/mol. The van der Waals surface area contributed by atoms with Gasteiger partial charge in [0.1, 0.15) is 12.4 Å². The topological polar surface area (TPSA) is 38.8 Å². The van der Waals surface area contributed by atoms with E-state index in [4.69, 9.17) is 32.7 Å². The van der Waals surface area contributed by atoms with Crippen molar-refractivity contribution in [2.45, 2.75) is 32.7 Å². The summed E-state index contributed by atoms with van der Waals surface area (Å²) in [5.41, 5.74) is 1.35. The lowest BCUT2D eigenvalue weighted by atomic mass is 10.1. The first kappa shape index (κ1) is 19.0. The summed E-state index contributed by atoms with van der Waals surface area (Å²) in [5.74, 6) is 0.486. The lowest BCUT2D eigenvalue weighted by molar-refractivity contribution is -0.0586. The number of amides is 1. The van der Waals surface area contributed by atoms with E-state index < -0.39 is 0 Å². The van der Waals surface area contributed by atoms with Crippen LogP contribution in [0.3, 0.4) is 0 Å². The number of benzene rings is 2. The quantitative estimate of drug-likeness (QED) is 0.746. The van der Waals surface area contributed by atoms with Gasteiger partial charge < -0.3 is 14.4 Å². The third kappa shape index (κ3) is 4.50. The molecular weight excluding hydrogens is 373 g/mol. The van der Waals surface area contributed by atoms with Crippen molar-refractivity contribution in [3.63, 3.8) is 0 Å². The highest BCUT2D eigenvalue weighted by atomic mass is 35.5. The average molecular weight is 394 g/mol. The Morgan fingerprint density at radius 2 is 1.85 bits per heavy atom. The number of halogens is 2. The second-order valence-corrected chi connectivity index (χ2v) is 7.33. The molecule has 4 nitrogen and oxygen atoms in total. The molecule has 138 valence electrons. The number of hydrogen-bond acceptors (Lipinski definition) is 3. The highest BCUT2D eigenvalue weighted by Crippen LogP contribution is 2.26. The van der Waals surface area contributed by atoms with E-state index in [-0.39, 0.29) is 24.7 Å². The highest BCUT2D eigenvalue weighted by molar-refractivity contribution is 6.35. The molecule has 1 saturated heterocycles. The van der Waals surface area contributed by atoms with Crippen LogP contribution in [0, 0.1) is 0 Å². The fraction of sp³-hybridized carbons (Fsp3) is 0.350. The molecule has 0 saturated carbocycles. The molecular formula is C20H21Cl2NO3. The first-order valence-corrected chi connectivity index (χ1v) is 9.30. The van der Waals surface area contributed by atoms with Gasteiger partial charge in [-0.2, -0.15) is 0 Å². The first-order valence-electron chi connectivity index (χ1n) is 8.54. The van der Waals surface area contributed by atoms with E-state index in [1.54, 1.807) is 24.3 Å². The summed E-state index contributed by atoms with van der Waals surface area (Å²) in [6.07, 6.45) is 0.0345. The lowest BCUT2D eigenvalue weighted by Gasteiger charge is -2.35. The second kappa shape index (κ2) is 8.30. The maximum atomic E-state index is 13.0. The van der Waals surface area contributed by atoms with Gasteiger partial charge in [-0.3, -0.25) is 4.79 Å². The summed E-state index contributed by atoms with van der Waals surface area (Å²) >= 11 is 12.1. The van der Waals surface area contributed by atoms with Crippen LogP contribution in [-0.4, -0.2) is 36.1 Å². The number of rotatable bonds is 4. The summed E-state index contributed by atoms with van der Waals surface area (Å²) in [7, 11) is 0. The van der Waals surface area contributed by atoms with Crippen LogP contribution in [0.2, 0.25) is 10.0 Å². The van der Waals surface area contributed by atoms with Crippen LogP contribution in [0.4, 0.5) is 0 Å². The molecule has 0 bridgehead atoms. The Balaban J connectivity index is 1.76. The molecule has 2 unspecified atom stereocenters. The van der Waals surface area contributed by atoms with Gasteiger partial charge in [-0.25, -0.2) is 0 Å². The minimum absolute atomic E-state index is 0.0173. The number of para-hydroxylation sites is 1. The van der Waals surface area contributed by atoms with Gasteiger partial charge >= 0.3 is 0 Å². The molecule has 0 radical (unpaired) electrons. The van der Waals surface area contributed by atoms with Crippen molar-refractivity contribution in [1.82, 2.24) is 4.90 Å². The van der Waals surface area contributed by atoms with Gasteiger partial charge in [-0.05, 0) is 38.1 Å². The smallest absolute Gasteiger partial charge is 0.257 e. The Kier molecular flexibility index (Phi) is 6.07. The van der Waals surface area contributed by atoms with Gasteiger partial charge in [0.15, 0.2) is 0 Å². The Morgan fingerprint density at radius 3 is 2.54 bits per heavy atom. The maximum Gasteiger partial charge on any atom is 0.257 e. The number of hydrogen-bond donors (Lipinski definition) is 0. The maximum absolute atomic E-state index is 13.0. The summed E-state index contributed by atoms with van der Waals surface area (Å²) < 4.78 is 11.6. The highest BCUT2D eigenvalue weighted by Gasteiger charge is 2.28. The molecule has 26 heavy (non-hydrogen) atoms. The largest absolute Gasteiger partial charge is 0.488 e. The molecule has 1 amide bonds. The molecule has 0 aliphatic carbocycles. The van der Waals surface area contributed by atoms with Gasteiger partial charge in [0.05, 0.1) is 17.8 Å². The zero-order valence-corrected chi connectivity index (χ0v) is 16.3. The van der Waals surface area contributed by atoms with E-state index >= 15 is 0 Å². The normalized spacial score (nSPS) is 20.1. The fourth-order valence-electron chi connectivity index (χ4n) is 3.08. The fourth-order valence-corrected chi connectivity index (χ4v) is 3.54. The van der Waals surface area contributed by atoms with Crippen molar-refractivity contribution in [1.29, 1.82) is 0 Å². The SMILES string of the molecule is CC1CN(C(=O)c2ccccc2OCc2ccc(Cl)cc2Cl)CC(C)O1. The molecule has 1 aliphatic rings. The van der Waals surface area contributed by atoms with E-state index in [1.165, 1.54) is 0 Å². The van der Waals surface area contributed by atoms with Gasteiger partial charge in [-0.1, -0.05) is 41.4 Å². The molecule has 0 N–H and O–H groups in total. The Bertz CT molecular complexity index is 786. The van der Waals surface area contributed by atoms with Gasteiger partial charge in [0.2, 0.25) is 0 Å². The van der Waals surface area contributed by atoms with Crippen LogP contribution in [0.1, 0.15) is 29.8 Å². The second-order valence-electron chi connectivity index (χ2n) is 6.49. The van der Waals surface area contributed by atoms with Crippen LogP contribution in [0.5, 0.6) is 5.75 Å².